The zero-order valence-electron chi connectivity index (χ0n) is 6.72. The van der Waals surface area contributed by atoms with Gasteiger partial charge in [-0.3, -0.25) is 0 Å². The monoisotopic (exact) mass is 137 g/mol. The molecular weight excluding hydrogens is 122 g/mol. The minimum absolute atomic E-state index is 0.324. The number of terminal acetylenes is 1. The van der Waals surface area contributed by atoms with Gasteiger partial charge in [0.15, 0.2) is 0 Å². The lowest BCUT2D eigenvalue weighted by atomic mass is 10.1. The standard InChI is InChI=1S/C9H15N/c1-4-7-6-8(7)9(5-2)10-3/h2,7-10H,4,6H2,1,3H3/t7-,8-,9?/m1/s1. The third kappa shape index (κ3) is 1.33. The zero-order valence-corrected chi connectivity index (χ0v) is 6.72. The van der Waals surface area contributed by atoms with Crippen LogP contribution >= 0.6 is 0 Å². The Morgan fingerprint density at radius 2 is 2.50 bits per heavy atom. The maximum atomic E-state index is 5.33. The lowest BCUT2D eigenvalue weighted by Gasteiger charge is -2.06. The Kier molecular flexibility index (Phi) is 2.34. The molecule has 0 aromatic carbocycles. The van der Waals surface area contributed by atoms with Gasteiger partial charge in [-0.1, -0.05) is 19.3 Å². The molecular formula is C9H15N. The third-order valence-electron chi connectivity index (χ3n) is 2.42. The minimum atomic E-state index is 0.324. The van der Waals surface area contributed by atoms with E-state index in [1.54, 1.807) is 0 Å². The van der Waals surface area contributed by atoms with Crippen LogP contribution < -0.4 is 5.32 Å². The first kappa shape index (κ1) is 7.63. The summed E-state index contributed by atoms with van der Waals surface area (Å²) in [7, 11) is 1.94. The van der Waals surface area contributed by atoms with Crippen molar-refractivity contribution in [3.8, 4) is 12.3 Å². The molecule has 1 N–H and O–H groups in total. The van der Waals surface area contributed by atoms with Gasteiger partial charge in [0, 0.05) is 0 Å². The molecule has 1 rings (SSSR count). The van der Waals surface area contributed by atoms with E-state index in [-0.39, 0.29) is 0 Å². The van der Waals surface area contributed by atoms with Crippen LogP contribution in [0.4, 0.5) is 0 Å². The molecule has 1 fully saturated rings. The van der Waals surface area contributed by atoms with Crippen LogP contribution in [0.1, 0.15) is 19.8 Å². The Labute approximate surface area is 63.2 Å². The van der Waals surface area contributed by atoms with Crippen LogP contribution in [-0.2, 0) is 0 Å². The molecule has 0 aliphatic heterocycles. The first-order chi connectivity index (χ1) is 4.83. The van der Waals surface area contributed by atoms with Crippen LogP contribution in [0.15, 0.2) is 0 Å². The minimum Gasteiger partial charge on any atom is -0.307 e. The molecule has 1 nitrogen and oxygen atoms in total. The summed E-state index contributed by atoms with van der Waals surface area (Å²) in [5.41, 5.74) is 0. The maximum absolute atomic E-state index is 5.33. The summed E-state index contributed by atoms with van der Waals surface area (Å²) in [5.74, 6) is 4.43. The molecule has 0 aromatic rings. The summed E-state index contributed by atoms with van der Waals surface area (Å²) in [4.78, 5) is 0. The molecule has 0 spiro atoms. The summed E-state index contributed by atoms with van der Waals surface area (Å²) in [6, 6.07) is 0.324. The van der Waals surface area contributed by atoms with E-state index in [0.717, 1.165) is 11.8 Å². The van der Waals surface area contributed by atoms with E-state index in [0.29, 0.717) is 6.04 Å². The van der Waals surface area contributed by atoms with Crippen LogP contribution in [0.3, 0.4) is 0 Å². The summed E-state index contributed by atoms with van der Waals surface area (Å²) < 4.78 is 0. The molecule has 1 aliphatic carbocycles. The molecule has 1 saturated carbocycles. The van der Waals surface area contributed by atoms with Crippen molar-refractivity contribution in [2.45, 2.75) is 25.8 Å². The second-order valence-corrected chi connectivity index (χ2v) is 3.00. The summed E-state index contributed by atoms with van der Waals surface area (Å²) >= 11 is 0. The maximum Gasteiger partial charge on any atom is 0.0715 e. The Morgan fingerprint density at radius 1 is 1.80 bits per heavy atom. The predicted molar refractivity (Wildman–Crippen MR) is 43.6 cm³/mol. The first-order valence-electron chi connectivity index (χ1n) is 3.96. The van der Waals surface area contributed by atoms with Gasteiger partial charge < -0.3 is 5.32 Å². The van der Waals surface area contributed by atoms with Crippen molar-refractivity contribution in [1.82, 2.24) is 5.32 Å². The van der Waals surface area contributed by atoms with Gasteiger partial charge in [0.1, 0.15) is 0 Å². The highest BCUT2D eigenvalue weighted by Crippen LogP contribution is 2.43. The molecule has 10 heavy (non-hydrogen) atoms. The van der Waals surface area contributed by atoms with Gasteiger partial charge in [0.25, 0.3) is 0 Å². The molecule has 0 heterocycles. The van der Waals surface area contributed by atoms with Crippen molar-refractivity contribution in [2.24, 2.45) is 11.8 Å². The van der Waals surface area contributed by atoms with E-state index >= 15 is 0 Å². The Morgan fingerprint density at radius 3 is 2.80 bits per heavy atom. The third-order valence-corrected chi connectivity index (χ3v) is 2.42. The molecule has 1 aliphatic rings. The topological polar surface area (TPSA) is 12.0 Å². The molecule has 1 heteroatoms. The van der Waals surface area contributed by atoms with Crippen molar-refractivity contribution in [3.63, 3.8) is 0 Å². The Balaban J connectivity index is 2.31. The van der Waals surface area contributed by atoms with Gasteiger partial charge in [-0.05, 0) is 25.3 Å². The quantitative estimate of drug-likeness (QED) is 0.577. The van der Waals surface area contributed by atoms with E-state index in [9.17, 15) is 0 Å². The summed E-state index contributed by atoms with van der Waals surface area (Å²) in [6.07, 6.45) is 7.94. The van der Waals surface area contributed by atoms with Crippen LogP contribution in [-0.4, -0.2) is 13.1 Å². The van der Waals surface area contributed by atoms with Crippen LogP contribution in [0, 0.1) is 24.2 Å². The number of hydrogen-bond donors (Lipinski definition) is 1. The van der Waals surface area contributed by atoms with Crippen molar-refractivity contribution in [1.29, 1.82) is 0 Å². The fourth-order valence-corrected chi connectivity index (χ4v) is 1.57. The Bertz CT molecular complexity index is 145. The van der Waals surface area contributed by atoms with Gasteiger partial charge in [-0.2, -0.15) is 0 Å². The Hall–Kier alpha value is -0.480. The predicted octanol–water partition coefficient (Wildman–Crippen LogP) is 1.25. The average molecular weight is 137 g/mol. The van der Waals surface area contributed by atoms with Crippen molar-refractivity contribution in [3.05, 3.63) is 0 Å². The first-order valence-corrected chi connectivity index (χ1v) is 3.96. The molecule has 0 bridgehead atoms. The lowest BCUT2D eigenvalue weighted by molar-refractivity contribution is 0.560. The second-order valence-electron chi connectivity index (χ2n) is 3.00. The summed E-state index contributed by atoms with van der Waals surface area (Å²) in [5, 5.41) is 3.14. The number of hydrogen-bond acceptors (Lipinski definition) is 1. The van der Waals surface area contributed by atoms with Gasteiger partial charge in [-0.15, -0.1) is 6.42 Å². The molecule has 3 atom stereocenters. The van der Waals surface area contributed by atoms with Crippen LogP contribution in [0.2, 0.25) is 0 Å². The average Bonchev–Trinajstić information content (AvgIpc) is 2.70. The highest BCUT2D eigenvalue weighted by molar-refractivity contribution is 5.08. The van der Waals surface area contributed by atoms with Gasteiger partial charge in [0.2, 0.25) is 0 Å². The molecule has 0 radical (unpaired) electrons. The number of rotatable bonds is 3. The fraction of sp³-hybridized carbons (Fsp3) is 0.778. The van der Waals surface area contributed by atoms with Crippen molar-refractivity contribution >= 4 is 0 Å². The fourth-order valence-electron chi connectivity index (χ4n) is 1.57. The largest absolute Gasteiger partial charge is 0.307 e. The zero-order chi connectivity index (χ0) is 7.56. The highest BCUT2D eigenvalue weighted by atomic mass is 14.9. The summed E-state index contributed by atoms with van der Waals surface area (Å²) in [6.45, 7) is 2.23. The number of nitrogens with one attached hydrogen (secondary N) is 1. The van der Waals surface area contributed by atoms with Crippen LogP contribution in [0.25, 0.3) is 0 Å². The van der Waals surface area contributed by atoms with E-state index in [1.165, 1.54) is 12.8 Å². The molecule has 1 unspecified atom stereocenters. The molecule has 56 valence electrons. The van der Waals surface area contributed by atoms with E-state index in [4.69, 9.17) is 6.42 Å². The van der Waals surface area contributed by atoms with Crippen molar-refractivity contribution in [2.75, 3.05) is 7.05 Å². The molecule has 0 saturated heterocycles. The normalized spacial score (nSPS) is 32.9. The van der Waals surface area contributed by atoms with Gasteiger partial charge in [-0.25, -0.2) is 0 Å². The lowest BCUT2D eigenvalue weighted by Crippen LogP contribution is -2.25. The SMILES string of the molecule is C#CC(NC)[C@@H]1C[C@H]1CC. The molecule has 0 amide bonds. The van der Waals surface area contributed by atoms with Crippen LogP contribution in [0.5, 0.6) is 0 Å². The van der Waals surface area contributed by atoms with Gasteiger partial charge >= 0.3 is 0 Å². The van der Waals surface area contributed by atoms with E-state index in [1.807, 2.05) is 7.05 Å². The van der Waals surface area contributed by atoms with E-state index in [2.05, 4.69) is 18.2 Å². The smallest absolute Gasteiger partial charge is 0.0715 e. The second kappa shape index (κ2) is 3.07. The highest BCUT2D eigenvalue weighted by Gasteiger charge is 2.39. The molecule has 0 aromatic heterocycles. The van der Waals surface area contributed by atoms with E-state index < -0.39 is 0 Å². The van der Waals surface area contributed by atoms with Crippen molar-refractivity contribution < 1.29 is 0 Å². The van der Waals surface area contributed by atoms with Gasteiger partial charge in [0.05, 0.1) is 6.04 Å².